The number of carbonyl (C=O) groups is 1. The topological polar surface area (TPSA) is 54.0 Å². The Morgan fingerprint density at radius 3 is 2.19 bits per heavy atom. The molecule has 0 atom stereocenters. The molecule has 0 spiro atoms. The number of methoxy groups -OCH3 is 4. The van der Waals surface area contributed by atoms with E-state index in [1.807, 2.05) is 6.07 Å². The average molecular weight is 296 g/mol. The van der Waals surface area contributed by atoms with E-state index in [1.54, 1.807) is 14.2 Å². The molecule has 0 heterocycles. The zero-order valence-corrected chi connectivity index (χ0v) is 13.4. The van der Waals surface area contributed by atoms with Crippen molar-refractivity contribution in [2.24, 2.45) is 0 Å². The lowest BCUT2D eigenvalue weighted by atomic mass is 9.98. The predicted molar refractivity (Wildman–Crippen MR) is 80.2 cm³/mol. The van der Waals surface area contributed by atoms with Crippen LogP contribution in [-0.4, -0.2) is 34.4 Å². The van der Waals surface area contributed by atoms with Crippen molar-refractivity contribution < 1.29 is 23.7 Å². The third-order valence-corrected chi connectivity index (χ3v) is 3.29. The van der Waals surface area contributed by atoms with Gasteiger partial charge < -0.3 is 18.9 Å². The zero-order valence-electron chi connectivity index (χ0n) is 13.4. The summed E-state index contributed by atoms with van der Waals surface area (Å²) in [6.45, 7) is 2.44. The molecule has 0 aliphatic rings. The standard InChI is InChI=1S/C16H24O5/c1-6-7-8-11-9-12(10-18-2)13(16(17)21-5)15(20-4)14(11)19-3/h9H,6-8,10H2,1-5H3. The first-order valence-electron chi connectivity index (χ1n) is 6.98. The fraction of sp³-hybridized carbons (Fsp3) is 0.562. The summed E-state index contributed by atoms with van der Waals surface area (Å²) in [5.74, 6) is 0.537. The van der Waals surface area contributed by atoms with Crippen LogP contribution < -0.4 is 9.47 Å². The molecule has 1 rings (SSSR count). The monoisotopic (exact) mass is 296 g/mol. The van der Waals surface area contributed by atoms with Crippen molar-refractivity contribution in [2.45, 2.75) is 32.8 Å². The fourth-order valence-electron chi connectivity index (χ4n) is 2.32. The number of hydrogen-bond donors (Lipinski definition) is 0. The summed E-state index contributed by atoms with van der Waals surface area (Å²) in [6.07, 6.45) is 2.96. The minimum atomic E-state index is -0.459. The third-order valence-electron chi connectivity index (χ3n) is 3.29. The molecule has 1 aromatic carbocycles. The van der Waals surface area contributed by atoms with Gasteiger partial charge in [-0.05, 0) is 30.0 Å². The second kappa shape index (κ2) is 8.52. The summed E-state index contributed by atoms with van der Waals surface area (Å²) in [6, 6.07) is 1.94. The molecule has 0 aliphatic heterocycles. The summed E-state index contributed by atoms with van der Waals surface area (Å²) in [5.41, 5.74) is 2.11. The lowest BCUT2D eigenvalue weighted by Crippen LogP contribution is -2.12. The van der Waals surface area contributed by atoms with Crippen LogP contribution in [0.25, 0.3) is 0 Å². The van der Waals surface area contributed by atoms with Crippen LogP contribution in [0, 0.1) is 0 Å². The van der Waals surface area contributed by atoms with E-state index in [2.05, 4.69) is 6.92 Å². The van der Waals surface area contributed by atoms with Gasteiger partial charge in [-0.2, -0.15) is 0 Å². The Kier molecular flexibility index (Phi) is 7.02. The molecule has 0 aromatic heterocycles. The van der Waals surface area contributed by atoms with Crippen molar-refractivity contribution in [1.82, 2.24) is 0 Å². The highest BCUT2D eigenvalue weighted by atomic mass is 16.5. The SMILES string of the molecule is CCCCc1cc(COC)c(C(=O)OC)c(OC)c1OC. The van der Waals surface area contributed by atoms with Gasteiger partial charge in [-0.25, -0.2) is 4.79 Å². The molecule has 0 unspecified atom stereocenters. The van der Waals surface area contributed by atoms with Gasteiger partial charge in [-0.3, -0.25) is 0 Å². The van der Waals surface area contributed by atoms with Crippen LogP contribution in [0.1, 0.15) is 41.3 Å². The van der Waals surface area contributed by atoms with Crippen molar-refractivity contribution in [2.75, 3.05) is 28.4 Å². The third kappa shape index (κ3) is 3.88. The Bertz CT molecular complexity index is 482. The number of carbonyl (C=O) groups excluding carboxylic acids is 1. The van der Waals surface area contributed by atoms with Crippen LogP contribution >= 0.6 is 0 Å². The first-order valence-corrected chi connectivity index (χ1v) is 6.98. The quantitative estimate of drug-likeness (QED) is 0.690. The lowest BCUT2D eigenvalue weighted by molar-refractivity contribution is 0.0591. The van der Waals surface area contributed by atoms with Crippen molar-refractivity contribution in [3.63, 3.8) is 0 Å². The summed E-state index contributed by atoms with van der Waals surface area (Å²) < 4.78 is 20.9. The minimum Gasteiger partial charge on any atom is -0.493 e. The molecule has 0 saturated heterocycles. The van der Waals surface area contributed by atoms with Gasteiger partial charge >= 0.3 is 5.97 Å². The number of rotatable bonds is 8. The number of aryl methyl sites for hydroxylation is 1. The van der Waals surface area contributed by atoms with Crippen LogP contribution in [0.4, 0.5) is 0 Å². The first-order chi connectivity index (χ1) is 10.1. The Hall–Kier alpha value is -1.75. The Balaban J connectivity index is 3.49. The van der Waals surface area contributed by atoms with Crippen LogP contribution in [0.15, 0.2) is 6.07 Å². The van der Waals surface area contributed by atoms with Gasteiger partial charge in [0, 0.05) is 7.11 Å². The average Bonchev–Trinajstić information content (AvgIpc) is 2.51. The van der Waals surface area contributed by atoms with Crippen LogP contribution in [0.2, 0.25) is 0 Å². The van der Waals surface area contributed by atoms with Crippen molar-refractivity contribution in [3.8, 4) is 11.5 Å². The second-order valence-corrected chi connectivity index (χ2v) is 4.66. The number of benzene rings is 1. The Morgan fingerprint density at radius 2 is 1.71 bits per heavy atom. The summed E-state index contributed by atoms with van der Waals surface area (Å²) >= 11 is 0. The molecule has 5 heteroatoms. The summed E-state index contributed by atoms with van der Waals surface area (Å²) in [7, 11) is 6.02. The highest BCUT2D eigenvalue weighted by Crippen LogP contribution is 2.38. The van der Waals surface area contributed by atoms with Gasteiger partial charge in [-0.15, -0.1) is 0 Å². The van der Waals surface area contributed by atoms with Crippen LogP contribution in [-0.2, 0) is 22.5 Å². The van der Waals surface area contributed by atoms with Gasteiger partial charge in [0.05, 0.1) is 27.9 Å². The molecule has 0 saturated carbocycles. The van der Waals surface area contributed by atoms with Crippen molar-refractivity contribution in [1.29, 1.82) is 0 Å². The van der Waals surface area contributed by atoms with Crippen LogP contribution in [0.5, 0.6) is 11.5 Å². The fourth-order valence-corrected chi connectivity index (χ4v) is 2.32. The summed E-state index contributed by atoms with van der Waals surface area (Å²) in [5, 5.41) is 0. The molecule has 5 nitrogen and oxygen atoms in total. The maximum absolute atomic E-state index is 12.1. The molecule has 0 fully saturated rings. The smallest absolute Gasteiger partial charge is 0.342 e. The first kappa shape index (κ1) is 17.3. The minimum absolute atomic E-state index is 0.309. The lowest BCUT2D eigenvalue weighted by Gasteiger charge is -2.19. The molecule has 118 valence electrons. The molecule has 0 radical (unpaired) electrons. The van der Waals surface area contributed by atoms with E-state index in [0.29, 0.717) is 23.7 Å². The van der Waals surface area contributed by atoms with Gasteiger partial charge in [0.25, 0.3) is 0 Å². The molecular weight excluding hydrogens is 272 g/mol. The molecule has 21 heavy (non-hydrogen) atoms. The number of hydrogen-bond acceptors (Lipinski definition) is 5. The van der Waals surface area contributed by atoms with Gasteiger partial charge in [0.2, 0.25) is 0 Å². The number of ether oxygens (including phenoxy) is 4. The molecule has 0 bridgehead atoms. The van der Waals surface area contributed by atoms with E-state index in [-0.39, 0.29) is 0 Å². The predicted octanol–water partition coefficient (Wildman–Crippen LogP) is 2.98. The zero-order chi connectivity index (χ0) is 15.8. The molecule has 0 amide bonds. The highest BCUT2D eigenvalue weighted by molar-refractivity contribution is 5.95. The van der Waals surface area contributed by atoms with Crippen molar-refractivity contribution >= 4 is 5.97 Å². The van der Waals surface area contributed by atoms with Gasteiger partial charge in [0.1, 0.15) is 5.56 Å². The molecule has 1 aromatic rings. The van der Waals surface area contributed by atoms with E-state index in [1.165, 1.54) is 14.2 Å². The Labute approximate surface area is 126 Å². The van der Waals surface area contributed by atoms with Crippen LogP contribution in [0.3, 0.4) is 0 Å². The van der Waals surface area contributed by atoms with Crippen molar-refractivity contribution in [3.05, 3.63) is 22.8 Å². The number of unbranched alkanes of at least 4 members (excludes halogenated alkanes) is 1. The van der Waals surface area contributed by atoms with E-state index in [4.69, 9.17) is 18.9 Å². The molecule has 0 aliphatic carbocycles. The molecule has 0 N–H and O–H groups in total. The Morgan fingerprint density at radius 1 is 1.05 bits per heavy atom. The summed E-state index contributed by atoms with van der Waals surface area (Å²) in [4.78, 5) is 12.1. The van der Waals surface area contributed by atoms with Gasteiger partial charge in [0.15, 0.2) is 11.5 Å². The second-order valence-electron chi connectivity index (χ2n) is 4.66. The molecular formula is C16H24O5. The maximum atomic E-state index is 12.1. The largest absolute Gasteiger partial charge is 0.493 e. The highest BCUT2D eigenvalue weighted by Gasteiger charge is 2.25. The van der Waals surface area contributed by atoms with E-state index in [0.717, 1.165) is 30.4 Å². The maximum Gasteiger partial charge on any atom is 0.342 e. The van der Waals surface area contributed by atoms with Gasteiger partial charge in [-0.1, -0.05) is 13.3 Å². The van der Waals surface area contributed by atoms with E-state index in [9.17, 15) is 4.79 Å². The number of esters is 1. The normalized spacial score (nSPS) is 10.3. The van der Waals surface area contributed by atoms with E-state index >= 15 is 0 Å². The van der Waals surface area contributed by atoms with E-state index < -0.39 is 5.97 Å².